The second kappa shape index (κ2) is 6.36. The van der Waals surface area contributed by atoms with Gasteiger partial charge in [0.2, 0.25) is 5.91 Å². The first-order valence-electron chi connectivity index (χ1n) is 6.83. The SMILES string of the molecule is CN(CC1CCCCN1)C(=O)C1CCCOC1. The summed E-state index contributed by atoms with van der Waals surface area (Å²) in [6, 6.07) is 0.488. The molecule has 98 valence electrons. The van der Waals surface area contributed by atoms with Gasteiger partial charge in [0.25, 0.3) is 0 Å². The molecule has 4 nitrogen and oxygen atoms in total. The number of carbonyl (C=O) groups excluding carboxylic acids is 1. The molecule has 0 aromatic heterocycles. The van der Waals surface area contributed by atoms with Gasteiger partial charge in [-0.3, -0.25) is 4.79 Å². The summed E-state index contributed by atoms with van der Waals surface area (Å²) in [7, 11) is 1.92. The van der Waals surface area contributed by atoms with Crippen LogP contribution in [0.1, 0.15) is 32.1 Å². The Bertz CT molecular complexity index is 246. The number of likely N-dealkylation sites (N-methyl/N-ethyl adjacent to an activating group) is 1. The Morgan fingerprint density at radius 2 is 2.24 bits per heavy atom. The minimum atomic E-state index is 0.0948. The first-order valence-corrected chi connectivity index (χ1v) is 6.83. The largest absolute Gasteiger partial charge is 0.381 e. The maximum Gasteiger partial charge on any atom is 0.227 e. The quantitative estimate of drug-likeness (QED) is 0.800. The highest BCUT2D eigenvalue weighted by molar-refractivity contribution is 5.78. The lowest BCUT2D eigenvalue weighted by Gasteiger charge is -2.31. The monoisotopic (exact) mass is 240 g/mol. The van der Waals surface area contributed by atoms with Gasteiger partial charge < -0.3 is 15.0 Å². The normalized spacial score (nSPS) is 29.9. The molecule has 0 saturated carbocycles. The molecule has 2 saturated heterocycles. The van der Waals surface area contributed by atoms with E-state index in [1.807, 2.05) is 11.9 Å². The highest BCUT2D eigenvalue weighted by Gasteiger charge is 2.26. The van der Waals surface area contributed by atoms with Crippen molar-refractivity contribution in [3.05, 3.63) is 0 Å². The molecule has 1 amide bonds. The van der Waals surface area contributed by atoms with Gasteiger partial charge in [0.1, 0.15) is 0 Å². The number of ether oxygens (including phenoxy) is 1. The Kier molecular flexibility index (Phi) is 4.80. The van der Waals surface area contributed by atoms with E-state index in [4.69, 9.17) is 4.74 Å². The average Bonchev–Trinajstić information content (AvgIpc) is 2.40. The maximum absolute atomic E-state index is 12.2. The van der Waals surface area contributed by atoms with Gasteiger partial charge in [0.05, 0.1) is 12.5 Å². The van der Waals surface area contributed by atoms with Crippen LogP contribution in [-0.4, -0.2) is 50.2 Å². The van der Waals surface area contributed by atoms with E-state index in [1.165, 1.54) is 19.3 Å². The summed E-state index contributed by atoms with van der Waals surface area (Å²) >= 11 is 0. The molecule has 0 aliphatic carbocycles. The smallest absolute Gasteiger partial charge is 0.227 e. The maximum atomic E-state index is 12.2. The zero-order valence-corrected chi connectivity index (χ0v) is 10.8. The number of piperidine rings is 1. The molecule has 2 fully saturated rings. The second-order valence-electron chi connectivity index (χ2n) is 5.28. The molecule has 0 spiro atoms. The summed E-state index contributed by atoms with van der Waals surface area (Å²) in [5.74, 6) is 0.356. The Morgan fingerprint density at radius 3 is 2.88 bits per heavy atom. The number of hydrogen-bond acceptors (Lipinski definition) is 3. The highest BCUT2D eigenvalue weighted by atomic mass is 16.5. The number of carbonyl (C=O) groups is 1. The Morgan fingerprint density at radius 1 is 1.35 bits per heavy atom. The zero-order chi connectivity index (χ0) is 12.1. The standard InChI is InChI=1S/C13H24N2O2/c1-15(9-12-6-2-3-7-14-12)13(16)11-5-4-8-17-10-11/h11-12,14H,2-10H2,1H3. The lowest BCUT2D eigenvalue weighted by molar-refractivity contribution is -0.138. The third-order valence-electron chi connectivity index (χ3n) is 3.79. The van der Waals surface area contributed by atoms with Crippen LogP contribution in [0.4, 0.5) is 0 Å². The molecule has 17 heavy (non-hydrogen) atoms. The van der Waals surface area contributed by atoms with E-state index in [9.17, 15) is 4.79 Å². The van der Waals surface area contributed by atoms with Crippen molar-refractivity contribution in [2.24, 2.45) is 5.92 Å². The fourth-order valence-corrected chi connectivity index (χ4v) is 2.75. The fraction of sp³-hybridized carbons (Fsp3) is 0.923. The lowest BCUT2D eigenvalue weighted by Crippen LogP contribution is -2.46. The van der Waals surface area contributed by atoms with Crippen LogP contribution in [0, 0.1) is 5.92 Å². The first-order chi connectivity index (χ1) is 8.27. The Balaban J connectivity index is 1.77. The van der Waals surface area contributed by atoms with Crippen molar-refractivity contribution in [3.8, 4) is 0 Å². The zero-order valence-electron chi connectivity index (χ0n) is 10.8. The van der Waals surface area contributed by atoms with Crippen molar-refractivity contribution in [2.45, 2.75) is 38.1 Å². The predicted octanol–water partition coefficient (Wildman–Crippen LogP) is 1.01. The molecule has 0 aromatic carbocycles. The lowest BCUT2D eigenvalue weighted by atomic mass is 9.99. The minimum absolute atomic E-state index is 0.0948. The molecule has 0 radical (unpaired) electrons. The molecule has 0 bridgehead atoms. The third-order valence-corrected chi connectivity index (χ3v) is 3.79. The van der Waals surface area contributed by atoms with Crippen molar-refractivity contribution in [1.82, 2.24) is 10.2 Å². The van der Waals surface area contributed by atoms with Crippen molar-refractivity contribution in [2.75, 3.05) is 33.4 Å². The number of amides is 1. The van der Waals surface area contributed by atoms with E-state index in [0.717, 1.165) is 32.5 Å². The van der Waals surface area contributed by atoms with E-state index in [-0.39, 0.29) is 11.8 Å². The van der Waals surface area contributed by atoms with Crippen LogP contribution in [0.15, 0.2) is 0 Å². The van der Waals surface area contributed by atoms with Gasteiger partial charge >= 0.3 is 0 Å². The van der Waals surface area contributed by atoms with Crippen LogP contribution in [0.25, 0.3) is 0 Å². The summed E-state index contributed by atoms with van der Waals surface area (Å²) in [4.78, 5) is 14.1. The molecular formula is C13H24N2O2. The first kappa shape index (κ1) is 12.8. The molecule has 1 N–H and O–H groups in total. The Hall–Kier alpha value is -0.610. The van der Waals surface area contributed by atoms with Gasteiger partial charge in [-0.05, 0) is 32.2 Å². The molecule has 2 aliphatic heterocycles. The highest BCUT2D eigenvalue weighted by Crippen LogP contribution is 2.16. The second-order valence-corrected chi connectivity index (χ2v) is 5.28. The van der Waals surface area contributed by atoms with E-state index >= 15 is 0 Å². The van der Waals surface area contributed by atoms with Gasteiger partial charge in [0.15, 0.2) is 0 Å². The Labute approximate surface area is 104 Å². The topological polar surface area (TPSA) is 41.6 Å². The van der Waals surface area contributed by atoms with E-state index < -0.39 is 0 Å². The molecule has 2 rings (SSSR count). The van der Waals surface area contributed by atoms with Gasteiger partial charge in [-0.2, -0.15) is 0 Å². The van der Waals surface area contributed by atoms with Gasteiger partial charge in [0, 0.05) is 26.2 Å². The predicted molar refractivity (Wildman–Crippen MR) is 66.8 cm³/mol. The summed E-state index contributed by atoms with van der Waals surface area (Å²) in [6.45, 7) is 3.37. The summed E-state index contributed by atoms with van der Waals surface area (Å²) in [6.07, 6.45) is 5.75. The van der Waals surface area contributed by atoms with Crippen LogP contribution in [0.2, 0.25) is 0 Å². The van der Waals surface area contributed by atoms with Gasteiger partial charge in [-0.1, -0.05) is 6.42 Å². The minimum Gasteiger partial charge on any atom is -0.381 e. The molecule has 4 heteroatoms. The molecular weight excluding hydrogens is 216 g/mol. The fourth-order valence-electron chi connectivity index (χ4n) is 2.75. The average molecular weight is 240 g/mol. The van der Waals surface area contributed by atoms with Crippen LogP contribution >= 0.6 is 0 Å². The van der Waals surface area contributed by atoms with Crippen molar-refractivity contribution in [3.63, 3.8) is 0 Å². The molecule has 2 aliphatic rings. The number of nitrogens with zero attached hydrogens (tertiary/aromatic N) is 1. The summed E-state index contributed by atoms with van der Waals surface area (Å²) < 4.78 is 5.38. The number of nitrogens with one attached hydrogen (secondary N) is 1. The van der Waals surface area contributed by atoms with Crippen LogP contribution in [-0.2, 0) is 9.53 Å². The summed E-state index contributed by atoms with van der Waals surface area (Å²) in [5, 5.41) is 3.48. The van der Waals surface area contributed by atoms with Crippen molar-refractivity contribution in [1.29, 1.82) is 0 Å². The third kappa shape index (κ3) is 3.68. The van der Waals surface area contributed by atoms with E-state index in [0.29, 0.717) is 12.6 Å². The summed E-state index contributed by atoms with van der Waals surface area (Å²) in [5.41, 5.74) is 0. The van der Waals surface area contributed by atoms with E-state index in [1.54, 1.807) is 0 Å². The van der Waals surface area contributed by atoms with Gasteiger partial charge in [-0.25, -0.2) is 0 Å². The van der Waals surface area contributed by atoms with Crippen LogP contribution in [0.3, 0.4) is 0 Å². The molecule has 0 aromatic rings. The molecule has 2 heterocycles. The molecule has 2 atom stereocenters. The van der Waals surface area contributed by atoms with Crippen molar-refractivity contribution < 1.29 is 9.53 Å². The number of rotatable bonds is 3. The molecule has 2 unspecified atom stereocenters. The number of hydrogen-bond donors (Lipinski definition) is 1. The van der Waals surface area contributed by atoms with Crippen LogP contribution in [0.5, 0.6) is 0 Å². The van der Waals surface area contributed by atoms with Crippen LogP contribution < -0.4 is 5.32 Å². The van der Waals surface area contributed by atoms with Gasteiger partial charge in [-0.15, -0.1) is 0 Å². The van der Waals surface area contributed by atoms with Crippen molar-refractivity contribution >= 4 is 5.91 Å². The van der Waals surface area contributed by atoms with E-state index in [2.05, 4.69) is 5.32 Å².